The van der Waals surface area contributed by atoms with E-state index in [-0.39, 0.29) is 5.54 Å². The third-order valence-electron chi connectivity index (χ3n) is 3.06. The van der Waals surface area contributed by atoms with Crippen LogP contribution in [0.25, 0.3) is 0 Å². The second kappa shape index (κ2) is 3.95. The number of rotatable bonds is 0. The van der Waals surface area contributed by atoms with Crippen molar-refractivity contribution >= 4 is 0 Å². The Balaban J connectivity index is 2.34. The van der Waals surface area contributed by atoms with Crippen molar-refractivity contribution in [3.8, 4) is 0 Å². The number of hydrogen-bond acceptors (Lipinski definition) is 2. The van der Waals surface area contributed by atoms with Gasteiger partial charge in [-0.3, -0.25) is 0 Å². The molecule has 0 saturated heterocycles. The maximum atomic E-state index is 4.34. The average Bonchev–Trinajstić information content (AvgIpc) is 2.46. The first-order valence-corrected chi connectivity index (χ1v) is 6.03. The van der Waals surface area contributed by atoms with Crippen molar-refractivity contribution in [1.82, 2.24) is 15.0 Å². The maximum Gasteiger partial charge on any atom is 0.0859 e. The van der Waals surface area contributed by atoms with Gasteiger partial charge in [-0.2, -0.15) is 0 Å². The fourth-order valence-electron chi connectivity index (χ4n) is 2.25. The molecule has 0 atom stereocenters. The van der Waals surface area contributed by atoms with E-state index in [1.807, 2.05) is 0 Å². The number of nitrogens with zero attached hydrogens (tertiary/aromatic N) is 3. The van der Waals surface area contributed by atoms with Crippen LogP contribution in [0.3, 0.4) is 0 Å². The van der Waals surface area contributed by atoms with Gasteiger partial charge in [-0.05, 0) is 46.5 Å². The Morgan fingerprint density at radius 3 is 2.33 bits per heavy atom. The van der Waals surface area contributed by atoms with Crippen molar-refractivity contribution in [1.29, 1.82) is 0 Å². The van der Waals surface area contributed by atoms with Gasteiger partial charge in [0.15, 0.2) is 0 Å². The van der Waals surface area contributed by atoms with Gasteiger partial charge < -0.3 is 0 Å². The molecule has 0 aromatic carbocycles. The summed E-state index contributed by atoms with van der Waals surface area (Å²) in [5.74, 6) is 0. The second-order valence-corrected chi connectivity index (χ2v) is 5.48. The molecule has 0 amide bonds. The summed E-state index contributed by atoms with van der Waals surface area (Å²) >= 11 is 0. The molecule has 2 rings (SSSR count). The number of aryl methyl sites for hydroxylation is 1. The van der Waals surface area contributed by atoms with Gasteiger partial charge in [-0.15, -0.1) is 5.10 Å². The van der Waals surface area contributed by atoms with Gasteiger partial charge in [-0.25, -0.2) is 4.68 Å². The molecule has 3 heteroatoms. The third kappa shape index (κ3) is 2.21. The Labute approximate surface area is 91.9 Å². The van der Waals surface area contributed by atoms with Crippen LogP contribution in [-0.4, -0.2) is 15.0 Å². The van der Waals surface area contributed by atoms with Crippen LogP contribution < -0.4 is 0 Å². The molecule has 1 aliphatic rings. The fraction of sp³-hybridized carbons (Fsp3) is 0.833. The minimum absolute atomic E-state index is 0.0692. The largest absolute Gasteiger partial charge is 0.244 e. The standard InChI is InChI=1S/C12H21N3/c1-12(2,3)15-11-9-7-5-4-6-8-10(11)13-14-15/h4-9H2,1-3H3. The molecule has 0 unspecified atom stereocenters. The zero-order valence-corrected chi connectivity index (χ0v) is 10.1. The summed E-state index contributed by atoms with van der Waals surface area (Å²) in [4.78, 5) is 0. The maximum absolute atomic E-state index is 4.34. The Kier molecular flexibility index (Phi) is 2.81. The van der Waals surface area contributed by atoms with E-state index in [9.17, 15) is 0 Å². The second-order valence-electron chi connectivity index (χ2n) is 5.48. The quantitative estimate of drug-likeness (QED) is 0.655. The Morgan fingerprint density at radius 2 is 1.67 bits per heavy atom. The van der Waals surface area contributed by atoms with Crippen LogP contribution in [0.2, 0.25) is 0 Å². The zero-order valence-electron chi connectivity index (χ0n) is 10.1. The number of fused-ring (bicyclic) bond motifs is 1. The molecule has 1 aromatic rings. The van der Waals surface area contributed by atoms with E-state index in [1.54, 1.807) is 0 Å². The van der Waals surface area contributed by atoms with Crippen LogP contribution in [-0.2, 0) is 18.4 Å². The lowest BCUT2D eigenvalue weighted by Gasteiger charge is -2.22. The number of hydrogen-bond donors (Lipinski definition) is 0. The molecule has 0 bridgehead atoms. The summed E-state index contributed by atoms with van der Waals surface area (Å²) in [7, 11) is 0. The average molecular weight is 207 g/mol. The molecule has 0 radical (unpaired) electrons. The minimum Gasteiger partial charge on any atom is -0.244 e. The molecule has 84 valence electrons. The summed E-state index contributed by atoms with van der Waals surface area (Å²) in [6, 6.07) is 0. The molecule has 0 saturated carbocycles. The van der Waals surface area contributed by atoms with E-state index in [0.717, 1.165) is 12.8 Å². The first-order valence-electron chi connectivity index (χ1n) is 6.03. The fourth-order valence-corrected chi connectivity index (χ4v) is 2.25. The first-order chi connectivity index (χ1) is 7.09. The van der Waals surface area contributed by atoms with Gasteiger partial charge in [-0.1, -0.05) is 18.1 Å². The predicted octanol–water partition coefficient (Wildman–Crippen LogP) is 2.69. The highest BCUT2D eigenvalue weighted by Gasteiger charge is 2.22. The van der Waals surface area contributed by atoms with Gasteiger partial charge in [0.2, 0.25) is 0 Å². The zero-order chi connectivity index (χ0) is 10.9. The normalized spacial score (nSPS) is 18.1. The Bertz CT molecular complexity index is 333. The summed E-state index contributed by atoms with van der Waals surface area (Å²) < 4.78 is 2.12. The van der Waals surface area contributed by atoms with Crippen molar-refractivity contribution < 1.29 is 0 Å². The van der Waals surface area contributed by atoms with E-state index < -0.39 is 0 Å². The van der Waals surface area contributed by atoms with Crippen molar-refractivity contribution in [3.05, 3.63) is 11.4 Å². The first kappa shape index (κ1) is 10.7. The monoisotopic (exact) mass is 207 g/mol. The van der Waals surface area contributed by atoms with Crippen molar-refractivity contribution in [3.63, 3.8) is 0 Å². The van der Waals surface area contributed by atoms with Crippen LogP contribution in [0.5, 0.6) is 0 Å². The van der Waals surface area contributed by atoms with E-state index in [1.165, 1.54) is 37.1 Å². The molecule has 0 aliphatic heterocycles. The minimum atomic E-state index is 0.0692. The van der Waals surface area contributed by atoms with Crippen molar-refractivity contribution in [2.24, 2.45) is 0 Å². The van der Waals surface area contributed by atoms with Crippen LogP contribution in [0.4, 0.5) is 0 Å². The summed E-state index contributed by atoms with van der Waals surface area (Å²) in [6.07, 6.45) is 7.54. The molecule has 3 nitrogen and oxygen atoms in total. The molecule has 1 aliphatic carbocycles. The van der Waals surface area contributed by atoms with E-state index >= 15 is 0 Å². The lowest BCUT2D eigenvalue weighted by Crippen LogP contribution is -2.26. The van der Waals surface area contributed by atoms with Gasteiger partial charge in [0.05, 0.1) is 16.9 Å². The van der Waals surface area contributed by atoms with Crippen LogP contribution in [0.1, 0.15) is 57.8 Å². The van der Waals surface area contributed by atoms with E-state index in [2.05, 4.69) is 35.8 Å². The lowest BCUT2D eigenvalue weighted by molar-refractivity contribution is 0.333. The highest BCUT2D eigenvalue weighted by Crippen LogP contribution is 2.23. The van der Waals surface area contributed by atoms with Crippen molar-refractivity contribution in [2.45, 2.75) is 64.8 Å². The molecular weight excluding hydrogens is 186 g/mol. The summed E-state index contributed by atoms with van der Waals surface area (Å²) in [6.45, 7) is 6.59. The highest BCUT2D eigenvalue weighted by atomic mass is 15.5. The van der Waals surface area contributed by atoms with Crippen LogP contribution in [0.15, 0.2) is 0 Å². The summed E-state index contributed by atoms with van der Waals surface area (Å²) in [5.41, 5.74) is 2.69. The molecule has 1 aromatic heterocycles. The topological polar surface area (TPSA) is 30.7 Å². The lowest BCUT2D eigenvalue weighted by atomic mass is 10.00. The van der Waals surface area contributed by atoms with Gasteiger partial charge in [0.25, 0.3) is 0 Å². The van der Waals surface area contributed by atoms with Crippen LogP contribution >= 0.6 is 0 Å². The molecule has 0 N–H and O–H groups in total. The third-order valence-corrected chi connectivity index (χ3v) is 3.06. The molecule has 1 heterocycles. The predicted molar refractivity (Wildman–Crippen MR) is 60.9 cm³/mol. The SMILES string of the molecule is CC(C)(C)n1nnc2c1CCCCCC2. The molecule has 15 heavy (non-hydrogen) atoms. The molecule has 0 spiro atoms. The van der Waals surface area contributed by atoms with Crippen LogP contribution in [0, 0.1) is 0 Å². The Hall–Kier alpha value is -0.860. The Morgan fingerprint density at radius 1 is 1.00 bits per heavy atom. The molecular formula is C12H21N3. The van der Waals surface area contributed by atoms with E-state index in [0.29, 0.717) is 0 Å². The van der Waals surface area contributed by atoms with Crippen molar-refractivity contribution in [2.75, 3.05) is 0 Å². The van der Waals surface area contributed by atoms with Gasteiger partial charge in [0.1, 0.15) is 0 Å². The number of aromatic nitrogens is 3. The van der Waals surface area contributed by atoms with Gasteiger partial charge in [0, 0.05) is 0 Å². The van der Waals surface area contributed by atoms with Gasteiger partial charge >= 0.3 is 0 Å². The molecule has 0 fully saturated rings. The summed E-state index contributed by atoms with van der Waals surface area (Å²) in [5, 5.41) is 8.66. The highest BCUT2D eigenvalue weighted by molar-refractivity contribution is 5.13. The van der Waals surface area contributed by atoms with E-state index in [4.69, 9.17) is 0 Å². The smallest absolute Gasteiger partial charge is 0.0859 e.